The zero-order chi connectivity index (χ0) is 12.8. The molecule has 0 aromatic carbocycles. The molecule has 1 heterocycles. The number of rotatable bonds is 4. The number of nitrogens with zero attached hydrogens (tertiary/aromatic N) is 5. The molecule has 17 heavy (non-hydrogen) atoms. The van der Waals surface area contributed by atoms with E-state index in [4.69, 9.17) is 10.00 Å². The van der Waals surface area contributed by atoms with Crippen LogP contribution in [0.25, 0.3) is 5.70 Å². The number of carbonyl (C=O) groups is 1. The maximum Gasteiger partial charge on any atom is 0.358 e. The lowest BCUT2D eigenvalue weighted by molar-refractivity contribution is -0.136. The summed E-state index contributed by atoms with van der Waals surface area (Å²) >= 11 is 0. The minimum absolute atomic E-state index is 0.138. The summed E-state index contributed by atoms with van der Waals surface area (Å²) in [6.45, 7) is 1.98. The Morgan fingerprint density at radius 1 is 1.71 bits per heavy atom. The Labute approximate surface area is 98.9 Å². The third kappa shape index (κ3) is 3.31. The van der Waals surface area contributed by atoms with Gasteiger partial charge in [-0.3, -0.25) is 0 Å². The van der Waals surface area contributed by atoms with Crippen LogP contribution in [-0.4, -0.2) is 46.6 Å². The Kier molecular flexibility index (Phi) is 4.22. The standard InChI is InChI=1S/C10H13N5O2/c1-4-17-10(16)9(7-14(2)3)15-6-8(5-11)12-13-15/h6-7H,4H2,1-3H3. The molecule has 0 aliphatic carbocycles. The van der Waals surface area contributed by atoms with Crippen molar-refractivity contribution in [2.45, 2.75) is 6.92 Å². The molecule has 0 atom stereocenters. The van der Waals surface area contributed by atoms with E-state index in [9.17, 15) is 4.79 Å². The number of aromatic nitrogens is 3. The quantitative estimate of drug-likeness (QED) is 0.542. The number of nitriles is 1. The zero-order valence-corrected chi connectivity index (χ0v) is 9.91. The Morgan fingerprint density at radius 3 is 2.88 bits per heavy atom. The van der Waals surface area contributed by atoms with Crippen LogP contribution in [0.5, 0.6) is 0 Å². The largest absolute Gasteiger partial charge is 0.461 e. The molecule has 0 aliphatic heterocycles. The van der Waals surface area contributed by atoms with Gasteiger partial charge in [0.05, 0.1) is 12.8 Å². The van der Waals surface area contributed by atoms with Crippen molar-refractivity contribution < 1.29 is 9.53 Å². The first-order valence-corrected chi connectivity index (χ1v) is 4.96. The maximum atomic E-state index is 11.7. The van der Waals surface area contributed by atoms with E-state index in [1.165, 1.54) is 10.9 Å². The molecule has 1 aromatic rings. The van der Waals surface area contributed by atoms with Crippen molar-refractivity contribution in [3.8, 4) is 6.07 Å². The van der Waals surface area contributed by atoms with Crippen molar-refractivity contribution in [2.75, 3.05) is 20.7 Å². The minimum atomic E-state index is -0.518. The fourth-order valence-electron chi connectivity index (χ4n) is 1.09. The first-order valence-electron chi connectivity index (χ1n) is 4.96. The van der Waals surface area contributed by atoms with Crippen LogP contribution in [0.1, 0.15) is 12.6 Å². The molecule has 0 bridgehead atoms. The van der Waals surface area contributed by atoms with Crippen LogP contribution < -0.4 is 0 Å². The van der Waals surface area contributed by atoms with Crippen LogP contribution in [0.2, 0.25) is 0 Å². The summed E-state index contributed by atoms with van der Waals surface area (Å²) in [7, 11) is 3.53. The van der Waals surface area contributed by atoms with E-state index in [1.54, 1.807) is 32.1 Å². The molecule has 0 radical (unpaired) electrons. The van der Waals surface area contributed by atoms with Crippen molar-refractivity contribution in [1.29, 1.82) is 5.26 Å². The fourth-order valence-corrected chi connectivity index (χ4v) is 1.09. The highest BCUT2D eigenvalue weighted by atomic mass is 16.5. The molecule has 0 unspecified atom stereocenters. The number of esters is 1. The highest BCUT2D eigenvalue weighted by molar-refractivity contribution is 6.09. The lowest BCUT2D eigenvalue weighted by atomic mass is 10.4. The first kappa shape index (κ1) is 12.7. The van der Waals surface area contributed by atoms with Crippen LogP contribution in [0, 0.1) is 11.3 Å². The van der Waals surface area contributed by atoms with Gasteiger partial charge in [-0.05, 0) is 6.92 Å². The summed E-state index contributed by atoms with van der Waals surface area (Å²) in [4.78, 5) is 13.4. The van der Waals surface area contributed by atoms with E-state index in [0.717, 1.165) is 0 Å². The van der Waals surface area contributed by atoms with E-state index in [0.29, 0.717) is 0 Å². The monoisotopic (exact) mass is 235 g/mol. The van der Waals surface area contributed by atoms with Gasteiger partial charge in [-0.2, -0.15) is 5.26 Å². The van der Waals surface area contributed by atoms with Crippen LogP contribution in [-0.2, 0) is 9.53 Å². The maximum absolute atomic E-state index is 11.7. The van der Waals surface area contributed by atoms with Crippen molar-refractivity contribution >= 4 is 11.7 Å². The van der Waals surface area contributed by atoms with Crippen molar-refractivity contribution in [2.24, 2.45) is 0 Å². The average Bonchev–Trinajstić information content (AvgIpc) is 2.74. The third-order valence-electron chi connectivity index (χ3n) is 1.72. The van der Waals surface area contributed by atoms with E-state index >= 15 is 0 Å². The lowest BCUT2D eigenvalue weighted by Crippen LogP contribution is -2.16. The zero-order valence-electron chi connectivity index (χ0n) is 9.91. The Morgan fingerprint density at radius 2 is 2.41 bits per heavy atom. The van der Waals surface area contributed by atoms with Gasteiger partial charge in [0, 0.05) is 20.3 Å². The van der Waals surface area contributed by atoms with Gasteiger partial charge in [-0.25, -0.2) is 9.48 Å². The molecule has 0 fully saturated rings. The summed E-state index contributed by atoms with van der Waals surface area (Å²) in [5.41, 5.74) is 0.338. The van der Waals surface area contributed by atoms with E-state index in [-0.39, 0.29) is 18.0 Å². The minimum Gasteiger partial charge on any atom is -0.461 e. The highest BCUT2D eigenvalue weighted by Gasteiger charge is 2.15. The third-order valence-corrected chi connectivity index (χ3v) is 1.72. The van der Waals surface area contributed by atoms with Gasteiger partial charge in [0.1, 0.15) is 6.07 Å². The highest BCUT2D eigenvalue weighted by Crippen LogP contribution is 2.07. The van der Waals surface area contributed by atoms with Gasteiger partial charge >= 0.3 is 5.97 Å². The molecule has 1 rings (SSSR count). The van der Waals surface area contributed by atoms with Gasteiger partial charge < -0.3 is 9.64 Å². The van der Waals surface area contributed by atoms with Crippen molar-refractivity contribution in [1.82, 2.24) is 19.9 Å². The molecule has 0 spiro atoms. The summed E-state index contributed by atoms with van der Waals surface area (Å²) < 4.78 is 6.12. The van der Waals surface area contributed by atoms with E-state index in [2.05, 4.69) is 10.3 Å². The lowest BCUT2D eigenvalue weighted by Gasteiger charge is -2.10. The van der Waals surface area contributed by atoms with Gasteiger partial charge in [0.15, 0.2) is 11.4 Å². The van der Waals surface area contributed by atoms with Crippen LogP contribution in [0.3, 0.4) is 0 Å². The van der Waals surface area contributed by atoms with E-state index < -0.39 is 5.97 Å². The smallest absolute Gasteiger partial charge is 0.358 e. The van der Waals surface area contributed by atoms with Gasteiger partial charge in [-0.1, -0.05) is 5.21 Å². The predicted octanol–water partition coefficient (Wildman–Crippen LogP) is 0.0729. The second kappa shape index (κ2) is 5.65. The number of hydrogen-bond donors (Lipinski definition) is 0. The first-order chi connectivity index (χ1) is 8.08. The Hall–Kier alpha value is -2.36. The van der Waals surface area contributed by atoms with Gasteiger partial charge in [0.2, 0.25) is 0 Å². The molecule has 7 heteroatoms. The Balaban J connectivity index is 3.07. The van der Waals surface area contributed by atoms with Crippen LogP contribution >= 0.6 is 0 Å². The molecule has 90 valence electrons. The molecule has 7 nitrogen and oxygen atoms in total. The number of ether oxygens (including phenoxy) is 1. The SMILES string of the molecule is CCOC(=O)C(=CN(C)C)n1cc(C#N)nn1. The molecule has 1 aromatic heterocycles. The molecule has 0 amide bonds. The molecule has 0 saturated carbocycles. The fraction of sp³-hybridized carbons (Fsp3) is 0.400. The average molecular weight is 235 g/mol. The summed E-state index contributed by atoms with van der Waals surface area (Å²) in [6.07, 6.45) is 2.92. The van der Waals surface area contributed by atoms with Crippen LogP contribution in [0.15, 0.2) is 12.4 Å². The van der Waals surface area contributed by atoms with E-state index in [1.807, 2.05) is 6.07 Å². The van der Waals surface area contributed by atoms with Crippen molar-refractivity contribution in [3.63, 3.8) is 0 Å². The topological polar surface area (TPSA) is 84.0 Å². The summed E-state index contributed by atoms with van der Waals surface area (Å²) in [5, 5.41) is 15.9. The molecule has 0 aliphatic rings. The summed E-state index contributed by atoms with van der Waals surface area (Å²) in [6, 6.07) is 1.84. The number of hydrogen-bond acceptors (Lipinski definition) is 6. The van der Waals surface area contributed by atoms with Gasteiger partial charge in [-0.15, -0.1) is 5.10 Å². The second-order valence-corrected chi connectivity index (χ2v) is 3.36. The van der Waals surface area contributed by atoms with Crippen LogP contribution in [0.4, 0.5) is 0 Å². The molecular weight excluding hydrogens is 222 g/mol. The normalized spacial score (nSPS) is 10.8. The molecule has 0 saturated heterocycles. The predicted molar refractivity (Wildman–Crippen MR) is 59.3 cm³/mol. The number of carbonyl (C=O) groups excluding carboxylic acids is 1. The van der Waals surface area contributed by atoms with Crippen molar-refractivity contribution in [3.05, 3.63) is 18.1 Å². The molecule has 0 N–H and O–H groups in total. The molecular formula is C10H13N5O2. The van der Waals surface area contributed by atoms with Gasteiger partial charge in [0.25, 0.3) is 0 Å². The summed E-state index contributed by atoms with van der Waals surface area (Å²) in [5.74, 6) is -0.518. The second-order valence-electron chi connectivity index (χ2n) is 3.36. The Bertz CT molecular complexity index is 469.